The number of benzene rings is 2. The second-order valence-corrected chi connectivity index (χ2v) is 6.28. The van der Waals surface area contributed by atoms with Crippen molar-refractivity contribution in [2.75, 3.05) is 0 Å². The second kappa shape index (κ2) is 6.95. The zero-order valence-corrected chi connectivity index (χ0v) is 14.1. The second-order valence-electron chi connectivity index (χ2n) is 5.36. The highest BCUT2D eigenvalue weighted by Crippen LogP contribution is 2.23. The van der Waals surface area contributed by atoms with Gasteiger partial charge >= 0.3 is 0 Å². The summed E-state index contributed by atoms with van der Waals surface area (Å²) in [5, 5.41) is 3.41. The summed E-state index contributed by atoms with van der Waals surface area (Å²) in [7, 11) is 0. The van der Waals surface area contributed by atoms with Crippen molar-refractivity contribution in [1.29, 1.82) is 0 Å². The first-order valence-electron chi connectivity index (χ1n) is 7.31. The minimum absolute atomic E-state index is 0.727. The molecule has 0 bridgehead atoms. The lowest BCUT2D eigenvalue weighted by molar-refractivity contribution is 0.493. The molecule has 2 aromatic carbocycles. The van der Waals surface area contributed by atoms with E-state index in [1.54, 1.807) is 0 Å². The Kier molecular flexibility index (Phi) is 4.76. The molecule has 0 fully saturated rings. The van der Waals surface area contributed by atoms with E-state index < -0.39 is 0 Å². The van der Waals surface area contributed by atoms with Gasteiger partial charge in [-0.2, -0.15) is 0 Å². The highest BCUT2D eigenvalue weighted by Gasteiger charge is 2.04. The predicted molar refractivity (Wildman–Crippen MR) is 93.6 cm³/mol. The number of hydrogen-bond donors (Lipinski definition) is 1. The van der Waals surface area contributed by atoms with Crippen molar-refractivity contribution >= 4 is 15.9 Å². The lowest BCUT2D eigenvalue weighted by Crippen LogP contribution is -2.11. The monoisotopic (exact) mass is 355 g/mol. The van der Waals surface area contributed by atoms with E-state index in [2.05, 4.69) is 52.4 Å². The topological polar surface area (TPSA) is 25.2 Å². The van der Waals surface area contributed by atoms with Crippen LogP contribution in [0, 0.1) is 6.92 Å². The van der Waals surface area contributed by atoms with Gasteiger partial charge in [-0.1, -0.05) is 57.9 Å². The van der Waals surface area contributed by atoms with Crippen LogP contribution in [0.1, 0.15) is 16.9 Å². The van der Waals surface area contributed by atoms with Crippen LogP contribution in [0.4, 0.5) is 0 Å². The number of halogens is 1. The van der Waals surface area contributed by atoms with Crippen LogP contribution in [0.15, 0.2) is 69.6 Å². The van der Waals surface area contributed by atoms with E-state index in [1.807, 2.05) is 36.4 Å². The van der Waals surface area contributed by atoms with Crippen LogP contribution < -0.4 is 5.32 Å². The smallest absolute Gasteiger partial charge is 0.134 e. The van der Waals surface area contributed by atoms with Crippen LogP contribution in [0.25, 0.3) is 11.3 Å². The van der Waals surface area contributed by atoms with E-state index in [1.165, 1.54) is 11.1 Å². The van der Waals surface area contributed by atoms with Gasteiger partial charge in [-0.05, 0) is 36.8 Å². The van der Waals surface area contributed by atoms with Gasteiger partial charge in [0, 0.05) is 16.6 Å². The van der Waals surface area contributed by atoms with E-state index in [9.17, 15) is 0 Å². The average Bonchev–Trinajstić information content (AvgIpc) is 2.99. The molecule has 1 aromatic heterocycles. The van der Waals surface area contributed by atoms with Gasteiger partial charge in [-0.15, -0.1) is 0 Å². The Balaban J connectivity index is 1.57. The van der Waals surface area contributed by atoms with E-state index in [0.29, 0.717) is 0 Å². The number of rotatable bonds is 5. The lowest BCUT2D eigenvalue weighted by atomic mass is 10.1. The van der Waals surface area contributed by atoms with Gasteiger partial charge in [0.15, 0.2) is 0 Å². The Bertz CT molecular complexity index is 729. The maximum atomic E-state index is 5.89. The van der Waals surface area contributed by atoms with Crippen molar-refractivity contribution in [2.45, 2.75) is 20.0 Å². The quantitative estimate of drug-likeness (QED) is 0.670. The van der Waals surface area contributed by atoms with E-state index in [0.717, 1.165) is 34.6 Å². The van der Waals surface area contributed by atoms with Gasteiger partial charge in [-0.25, -0.2) is 0 Å². The van der Waals surface area contributed by atoms with Crippen molar-refractivity contribution < 1.29 is 4.42 Å². The van der Waals surface area contributed by atoms with Crippen LogP contribution in [-0.2, 0) is 13.1 Å². The first kappa shape index (κ1) is 15.1. The van der Waals surface area contributed by atoms with Crippen molar-refractivity contribution in [2.24, 2.45) is 0 Å². The number of aryl methyl sites for hydroxylation is 1. The molecule has 0 spiro atoms. The minimum Gasteiger partial charge on any atom is -0.460 e. The van der Waals surface area contributed by atoms with Gasteiger partial charge in [0.05, 0.1) is 6.54 Å². The summed E-state index contributed by atoms with van der Waals surface area (Å²) in [5.74, 6) is 1.85. The normalized spacial score (nSPS) is 10.8. The Morgan fingerprint density at radius 3 is 2.32 bits per heavy atom. The molecule has 0 aliphatic carbocycles. The molecule has 3 aromatic rings. The molecule has 1 N–H and O–H groups in total. The summed E-state index contributed by atoms with van der Waals surface area (Å²) >= 11 is 3.44. The number of furan rings is 1. The predicted octanol–water partition coefficient (Wildman–Crippen LogP) is 5.31. The highest BCUT2D eigenvalue weighted by molar-refractivity contribution is 9.10. The summed E-state index contributed by atoms with van der Waals surface area (Å²) in [6.45, 7) is 3.67. The molecule has 0 aliphatic rings. The summed E-state index contributed by atoms with van der Waals surface area (Å²) < 4.78 is 6.96. The molecule has 22 heavy (non-hydrogen) atoms. The van der Waals surface area contributed by atoms with Crippen LogP contribution in [0.5, 0.6) is 0 Å². The molecule has 0 atom stereocenters. The van der Waals surface area contributed by atoms with Crippen LogP contribution in [-0.4, -0.2) is 0 Å². The third-order valence-corrected chi connectivity index (χ3v) is 4.07. The molecule has 112 valence electrons. The SMILES string of the molecule is Cc1ccc(CNCc2ccc(-c3ccc(Br)cc3)o2)cc1. The van der Waals surface area contributed by atoms with Crippen molar-refractivity contribution in [1.82, 2.24) is 5.32 Å². The highest BCUT2D eigenvalue weighted by atomic mass is 79.9. The van der Waals surface area contributed by atoms with E-state index in [4.69, 9.17) is 4.42 Å². The first-order valence-corrected chi connectivity index (χ1v) is 8.11. The molecule has 0 aliphatic heterocycles. The van der Waals surface area contributed by atoms with Crippen molar-refractivity contribution in [3.8, 4) is 11.3 Å². The van der Waals surface area contributed by atoms with Crippen LogP contribution in [0.2, 0.25) is 0 Å². The fraction of sp³-hybridized carbons (Fsp3) is 0.158. The zero-order valence-electron chi connectivity index (χ0n) is 12.5. The Morgan fingerprint density at radius 1 is 0.864 bits per heavy atom. The van der Waals surface area contributed by atoms with Gasteiger partial charge in [0.1, 0.15) is 11.5 Å². The minimum atomic E-state index is 0.727. The fourth-order valence-corrected chi connectivity index (χ4v) is 2.54. The Hall–Kier alpha value is -1.84. The zero-order chi connectivity index (χ0) is 15.4. The van der Waals surface area contributed by atoms with E-state index >= 15 is 0 Å². The largest absolute Gasteiger partial charge is 0.460 e. The molecule has 0 saturated heterocycles. The maximum absolute atomic E-state index is 5.89. The van der Waals surface area contributed by atoms with Crippen LogP contribution >= 0.6 is 15.9 Å². The molecule has 2 nitrogen and oxygen atoms in total. The summed E-state index contributed by atoms with van der Waals surface area (Å²) in [6, 6.07) is 20.8. The molecular formula is C19H18BrNO. The van der Waals surface area contributed by atoms with Crippen molar-refractivity contribution in [3.63, 3.8) is 0 Å². The Labute approximate surface area is 139 Å². The summed E-state index contributed by atoms with van der Waals surface area (Å²) in [5.41, 5.74) is 3.66. The van der Waals surface area contributed by atoms with Gasteiger partial charge in [0.25, 0.3) is 0 Å². The third kappa shape index (κ3) is 3.87. The molecular weight excluding hydrogens is 338 g/mol. The van der Waals surface area contributed by atoms with Crippen LogP contribution in [0.3, 0.4) is 0 Å². The standard InChI is InChI=1S/C19H18BrNO/c1-14-2-4-15(5-3-14)12-21-13-18-10-11-19(22-18)16-6-8-17(20)9-7-16/h2-11,21H,12-13H2,1H3. The molecule has 0 amide bonds. The van der Waals surface area contributed by atoms with Gasteiger partial charge in [-0.3, -0.25) is 0 Å². The molecule has 0 saturated carbocycles. The number of nitrogens with one attached hydrogen (secondary N) is 1. The molecule has 0 unspecified atom stereocenters. The van der Waals surface area contributed by atoms with E-state index in [-0.39, 0.29) is 0 Å². The van der Waals surface area contributed by atoms with Gasteiger partial charge < -0.3 is 9.73 Å². The first-order chi connectivity index (χ1) is 10.7. The Morgan fingerprint density at radius 2 is 1.59 bits per heavy atom. The molecule has 1 heterocycles. The average molecular weight is 356 g/mol. The lowest BCUT2D eigenvalue weighted by Gasteiger charge is -2.04. The number of hydrogen-bond acceptors (Lipinski definition) is 2. The maximum Gasteiger partial charge on any atom is 0.134 e. The third-order valence-electron chi connectivity index (χ3n) is 3.54. The molecule has 3 heteroatoms. The molecule has 0 radical (unpaired) electrons. The fourth-order valence-electron chi connectivity index (χ4n) is 2.28. The van der Waals surface area contributed by atoms with Gasteiger partial charge in [0.2, 0.25) is 0 Å². The summed E-state index contributed by atoms with van der Waals surface area (Å²) in [4.78, 5) is 0. The molecule has 3 rings (SSSR count). The summed E-state index contributed by atoms with van der Waals surface area (Å²) in [6.07, 6.45) is 0. The van der Waals surface area contributed by atoms with Crippen molar-refractivity contribution in [3.05, 3.63) is 82.0 Å².